The van der Waals surface area contributed by atoms with Crippen LogP contribution >= 0.6 is 70.1 Å². The van der Waals surface area contributed by atoms with Crippen molar-refractivity contribution in [1.29, 1.82) is 0 Å². The molecule has 104 heavy (non-hydrogen) atoms. The van der Waals surface area contributed by atoms with Gasteiger partial charge in [-0.05, 0) is 121 Å². The zero-order chi connectivity index (χ0) is 71.3. The van der Waals surface area contributed by atoms with E-state index in [-0.39, 0.29) is 111 Å². The van der Waals surface area contributed by atoms with E-state index in [9.17, 15) is 53.1 Å². The highest BCUT2D eigenvalue weighted by molar-refractivity contribution is 8.00. The van der Waals surface area contributed by atoms with Gasteiger partial charge in [0.15, 0.2) is 34.7 Å². The number of carboxylic acids is 1. The lowest BCUT2D eigenvalue weighted by molar-refractivity contribution is 0.0691. The maximum absolute atomic E-state index is 13.6. The van der Waals surface area contributed by atoms with Gasteiger partial charge in [-0.2, -0.15) is 0 Å². The number of fused-ring (bicyclic) bond motifs is 6. The molecule has 12 aromatic rings. The van der Waals surface area contributed by atoms with Crippen LogP contribution in [0.1, 0.15) is 152 Å². The second-order valence-electron chi connectivity index (χ2n) is 22.8. The molecule has 0 unspecified atom stereocenters. The Morgan fingerprint density at radius 1 is 0.288 bits per heavy atom. The molecule has 12 aromatic carbocycles. The van der Waals surface area contributed by atoms with E-state index in [1.54, 1.807) is 182 Å². The van der Waals surface area contributed by atoms with Crippen molar-refractivity contribution in [3.8, 4) is 0 Å². The molecule has 15 rings (SSSR count). The van der Waals surface area contributed by atoms with Crippen molar-refractivity contribution < 1.29 is 53.1 Å². The van der Waals surface area contributed by atoms with E-state index in [0.717, 1.165) is 9.79 Å². The van der Waals surface area contributed by atoms with Gasteiger partial charge >= 0.3 is 5.97 Å². The number of anilines is 3. The first-order chi connectivity index (χ1) is 49.4. The Hall–Kier alpha value is -11.5. The summed E-state index contributed by atoms with van der Waals surface area (Å²) in [5, 5.41) is 19.1. The van der Waals surface area contributed by atoms with Gasteiger partial charge in [-0.25, -0.2) is 4.79 Å². The average Bonchev–Trinajstić information content (AvgIpc) is 0.753. The minimum absolute atomic E-state index is 0. The van der Waals surface area contributed by atoms with Crippen molar-refractivity contribution in [2.75, 3.05) is 16.0 Å². The standard InChI is InChI=1S/C28H17NO5S.C27H15Cl2NO3S.C27H16ClNO3S.2CH4/c30-25-17-10-4-5-11-18(17)26(31)24-22(35-16-8-2-1-3-9-16)15-14-21(23(24)25)29-27(32)19-12-6-7-13-20(19)28(33)34;28-16-10-11-19(29)22(14-16)34-21-13-12-20(30-27(33)15-6-2-1-3-7-15)23-24(21)26(32)18-9-5-4-8-17(18)25(23)31;28-17-8-6-7-16(15-17)27(32)29-21-13-14-22(33-18-9-2-1-3-10-18)24-23(21)25(30)19-11-4-5-12-20(19)26(24)31;;/h1-15H,(H,29,32)(H,33,34);1-14H,(H,30,33);1-15H,(H,29,32);2*1H4. The predicted octanol–water partition coefficient (Wildman–Crippen LogP) is 20.5. The number of halogens is 3. The summed E-state index contributed by atoms with van der Waals surface area (Å²) in [5.74, 6) is -4.56. The molecule has 0 radical (unpaired) electrons. The third-order valence-corrected chi connectivity index (χ3v) is 20.6. The molecule has 0 heterocycles. The number of aromatic carboxylic acids is 1. The van der Waals surface area contributed by atoms with E-state index in [1.807, 2.05) is 66.7 Å². The van der Waals surface area contributed by atoms with Crippen molar-refractivity contribution >= 4 is 146 Å². The third-order valence-electron chi connectivity index (χ3n) is 16.4. The van der Waals surface area contributed by atoms with Crippen LogP contribution in [-0.2, 0) is 0 Å². The minimum atomic E-state index is -1.24. The van der Waals surface area contributed by atoms with Crippen LogP contribution in [0.3, 0.4) is 0 Å². The molecule has 3 aliphatic carbocycles. The molecule has 0 aliphatic heterocycles. The molecule has 3 aliphatic rings. The van der Waals surface area contributed by atoms with E-state index in [0.29, 0.717) is 84.8 Å². The number of carboxylic acid groups (broad SMARTS) is 1. The summed E-state index contributed by atoms with van der Waals surface area (Å²) in [6, 6.07) is 75.2. The summed E-state index contributed by atoms with van der Waals surface area (Å²) in [6.07, 6.45) is 0. The molecule has 4 N–H and O–H groups in total. The van der Waals surface area contributed by atoms with E-state index in [4.69, 9.17) is 34.8 Å². The van der Waals surface area contributed by atoms with Crippen LogP contribution in [-0.4, -0.2) is 63.5 Å². The van der Waals surface area contributed by atoms with E-state index >= 15 is 0 Å². The molecule has 20 heteroatoms. The summed E-state index contributed by atoms with van der Waals surface area (Å²) >= 11 is 22.5. The zero-order valence-corrected chi connectivity index (χ0v) is 57.5. The van der Waals surface area contributed by atoms with Crippen LogP contribution in [0, 0.1) is 0 Å². The Morgan fingerprint density at radius 2 is 0.615 bits per heavy atom. The predicted molar refractivity (Wildman–Crippen MR) is 410 cm³/mol. The van der Waals surface area contributed by atoms with Crippen molar-refractivity contribution in [3.05, 3.63) is 371 Å². The number of carbonyl (C=O) groups excluding carboxylic acids is 9. The van der Waals surface area contributed by atoms with Gasteiger partial charge in [-0.3, -0.25) is 43.2 Å². The fourth-order valence-electron chi connectivity index (χ4n) is 11.7. The molecule has 3 amide bonds. The van der Waals surface area contributed by atoms with E-state index < -0.39 is 17.8 Å². The Kier molecular flexibility index (Phi) is 22.8. The molecule has 512 valence electrons. The molecular formula is C84H56Cl3N3O11S3. The summed E-state index contributed by atoms with van der Waals surface area (Å²) in [5.41, 5.74) is 4.39. The second kappa shape index (κ2) is 32.2. The van der Waals surface area contributed by atoms with Crippen molar-refractivity contribution in [3.63, 3.8) is 0 Å². The molecule has 0 bridgehead atoms. The second-order valence-corrected chi connectivity index (χ2v) is 27.4. The van der Waals surface area contributed by atoms with Crippen molar-refractivity contribution in [2.45, 2.75) is 44.2 Å². The van der Waals surface area contributed by atoms with Crippen LogP contribution in [0.15, 0.2) is 296 Å². The molecule has 0 atom stereocenters. The highest BCUT2D eigenvalue weighted by Crippen LogP contribution is 2.45. The number of hydrogen-bond donors (Lipinski definition) is 4. The summed E-state index contributed by atoms with van der Waals surface area (Å²) in [4.78, 5) is 136. The first-order valence-corrected chi connectivity index (χ1v) is 34.7. The lowest BCUT2D eigenvalue weighted by atomic mass is 9.83. The smallest absolute Gasteiger partial charge is 0.336 e. The maximum atomic E-state index is 13.6. The number of rotatable bonds is 13. The van der Waals surface area contributed by atoms with Gasteiger partial charge in [0, 0.05) is 101 Å². The van der Waals surface area contributed by atoms with Crippen LogP contribution in [0.4, 0.5) is 17.1 Å². The Morgan fingerprint density at radius 3 is 1.02 bits per heavy atom. The van der Waals surface area contributed by atoms with Gasteiger partial charge in [-0.15, -0.1) is 0 Å². The topological polar surface area (TPSA) is 227 Å². The number of ketones is 6. The van der Waals surface area contributed by atoms with Gasteiger partial charge < -0.3 is 21.1 Å². The molecule has 0 saturated carbocycles. The van der Waals surface area contributed by atoms with E-state index in [2.05, 4.69) is 16.0 Å². The number of benzene rings is 12. The quantitative estimate of drug-likeness (QED) is 0.0842. The normalized spacial score (nSPS) is 11.9. The van der Waals surface area contributed by atoms with Gasteiger partial charge in [0.2, 0.25) is 0 Å². The monoisotopic (exact) mass is 1480 g/mol. The number of carbonyl (C=O) groups is 10. The zero-order valence-electron chi connectivity index (χ0n) is 52.8. The maximum Gasteiger partial charge on any atom is 0.336 e. The fraction of sp³-hybridized carbons (Fsp3) is 0.0238. The lowest BCUT2D eigenvalue weighted by Gasteiger charge is -2.23. The average molecular weight is 1490 g/mol. The van der Waals surface area contributed by atoms with Gasteiger partial charge in [0.25, 0.3) is 17.7 Å². The first-order valence-electron chi connectivity index (χ1n) is 31.1. The molecule has 0 fully saturated rings. The molecular weight excluding hydrogens is 1430 g/mol. The first kappa shape index (κ1) is 73.7. The van der Waals surface area contributed by atoms with Crippen LogP contribution < -0.4 is 16.0 Å². The largest absolute Gasteiger partial charge is 0.478 e. The van der Waals surface area contributed by atoms with E-state index in [1.165, 1.54) is 53.5 Å². The van der Waals surface area contributed by atoms with Crippen molar-refractivity contribution in [1.82, 2.24) is 0 Å². The highest BCUT2D eigenvalue weighted by atomic mass is 35.5. The SMILES string of the molecule is C.C.O=C(Nc1ccc(Sc2cc(Cl)ccc2Cl)c2c1C(=O)c1ccccc1C2=O)c1ccccc1.O=C(Nc1ccc(Sc2ccccc2)c2c1C(=O)c1ccccc1C2=O)c1cccc(Cl)c1.O=C(O)c1ccccc1C(=O)Nc1ccc(Sc2ccccc2)c2c1C(=O)c1ccccc1C2=O. The van der Waals surface area contributed by atoms with Gasteiger partial charge in [-0.1, -0.05) is 231 Å². The highest BCUT2D eigenvalue weighted by Gasteiger charge is 2.38. The lowest BCUT2D eigenvalue weighted by Crippen LogP contribution is -2.25. The van der Waals surface area contributed by atoms with Crippen LogP contribution in [0.25, 0.3) is 0 Å². The number of hydrogen-bond acceptors (Lipinski definition) is 13. The summed E-state index contributed by atoms with van der Waals surface area (Å²) < 4.78 is 0. The molecule has 0 spiro atoms. The summed E-state index contributed by atoms with van der Waals surface area (Å²) in [7, 11) is 0. The van der Waals surface area contributed by atoms with Gasteiger partial charge in [0.1, 0.15) is 0 Å². The number of nitrogens with one attached hydrogen (secondary N) is 3. The Bertz CT molecular complexity index is 5520. The van der Waals surface area contributed by atoms with Crippen molar-refractivity contribution in [2.24, 2.45) is 0 Å². The molecule has 0 saturated heterocycles. The third kappa shape index (κ3) is 15.2. The van der Waals surface area contributed by atoms with Crippen LogP contribution in [0.5, 0.6) is 0 Å². The fourth-order valence-corrected chi connectivity index (χ4v) is 15.4. The summed E-state index contributed by atoms with van der Waals surface area (Å²) in [6.45, 7) is 0. The minimum Gasteiger partial charge on any atom is -0.478 e. The molecule has 0 aromatic heterocycles. The van der Waals surface area contributed by atoms with Crippen LogP contribution in [0.2, 0.25) is 15.1 Å². The molecule has 14 nitrogen and oxygen atoms in total. The Balaban J connectivity index is 0.000000155. The Labute approximate surface area is 625 Å². The van der Waals surface area contributed by atoms with Gasteiger partial charge in [0.05, 0.1) is 49.9 Å². The number of amides is 3.